The number of nitro benzene ring substituents is 1. The van der Waals surface area contributed by atoms with Crippen LogP contribution in [0, 0.1) is 10.1 Å². The summed E-state index contributed by atoms with van der Waals surface area (Å²) < 4.78 is 23.0. The standard InChI is InChI=1S/C10H13N3O5S/c1-19(17,18)8-4-2-3-7(10(8)13(15)16)12-6-5-9(11)14/h2-4,12H,5-6H2,1H3,(H2,11,14). The minimum absolute atomic E-state index is 0.0136. The first-order valence-electron chi connectivity index (χ1n) is 5.23. The van der Waals surface area contributed by atoms with Crippen molar-refractivity contribution in [3.63, 3.8) is 0 Å². The fourth-order valence-corrected chi connectivity index (χ4v) is 2.33. The molecule has 1 rings (SSSR count). The average Bonchev–Trinajstić information content (AvgIpc) is 2.26. The highest BCUT2D eigenvalue weighted by Gasteiger charge is 2.25. The molecule has 1 amide bonds. The normalized spacial score (nSPS) is 11.0. The van der Waals surface area contributed by atoms with Crippen molar-refractivity contribution in [2.75, 3.05) is 18.1 Å². The van der Waals surface area contributed by atoms with Crippen molar-refractivity contribution >= 4 is 27.1 Å². The van der Waals surface area contributed by atoms with Crippen molar-refractivity contribution < 1.29 is 18.1 Å². The van der Waals surface area contributed by atoms with Crippen LogP contribution in [0.4, 0.5) is 11.4 Å². The average molecular weight is 287 g/mol. The van der Waals surface area contributed by atoms with Crippen molar-refractivity contribution in [1.82, 2.24) is 0 Å². The molecule has 9 heteroatoms. The molecule has 3 N–H and O–H groups in total. The Kier molecular flexibility index (Phi) is 4.43. The van der Waals surface area contributed by atoms with E-state index < -0.39 is 26.4 Å². The smallest absolute Gasteiger partial charge is 0.310 e. The van der Waals surface area contributed by atoms with Crippen LogP contribution in [-0.4, -0.2) is 32.0 Å². The summed E-state index contributed by atoms with van der Waals surface area (Å²) in [5, 5.41) is 13.6. The maximum Gasteiger partial charge on any atom is 0.310 e. The van der Waals surface area contributed by atoms with Gasteiger partial charge in [0.25, 0.3) is 0 Å². The fraction of sp³-hybridized carbons (Fsp3) is 0.300. The van der Waals surface area contributed by atoms with Gasteiger partial charge in [-0.1, -0.05) is 6.07 Å². The van der Waals surface area contributed by atoms with E-state index in [1.165, 1.54) is 12.1 Å². The quantitative estimate of drug-likeness (QED) is 0.570. The first-order chi connectivity index (χ1) is 8.73. The second kappa shape index (κ2) is 5.65. The summed E-state index contributed by atoms with van der Waals surface area (Å²) in [6.45, 7) is 0.0867. The number of para-hydroxylation sites is 1. The molecule has 0 heterocycles. The van der Waals surface area contributed by atoms with Crippen molar-refractivity contribution in [2.45, 2.75) is 11.3 Å². The summed E-state index contributed by atoms with van der Waals surface area (Å²) in [5.74, 6) is -0.561. The lowest BCUT2D eigenvalue weighted by Crippen LogP contribution is -2.16. The molecular weight excluding hydrogens is 274 g/mol. The zero-order valence-corrected chi connectivity index (χ0v) is 10.9. The van der Waals surface area contributed by atoms with Gasteiger partial charge in [-0.3, -0.25) is 14.9 Å². The number of primary amides is 1. The molecule has 0 aromatic heterocycles. The van der Waals surface area contributed by atoms with Crippen LogP contribution >= 0.6 is 0 Å². The van der Waals surface area contributed by atoms with Gasteiger partial charge in [0.05, 0.1) is 4.92 Å². The number of hydrogen-bond acceptors (Lipinski definition) is 6. The second-order valence-electron chi connectivity index (χ2n) is 3.82. The third kappa shape index (κ3) is 3.91. The maximum atomic E-state index is 11.5. The molecule has 0 aliphatic rings. The summed E-state index contributed by atoms with van der Waals surface area (Å²) in [4.78, 5) is 20.4. The molecule has 0 radical (unpaired) electrons. The number of hydrogen-bond donors (Lipinski definition) is 2. The molecule has 1 aromatic rings. The highest BCUT2D eigenvalue weighted by molar-refractivity contribution is 7.90. The molecule has 104 valence electrons. The highest BCUT2D eigenvalue weighted by Crippen LogP contribution is 2.31. The molecule has 0 aliphatic carbocycles. The number of sulfone groups is 1. The van der Waals surface area contributed by atoms with Gasteiger partial charge in [-0.05, 0) is 12.1 Å². The van der Waals surface area contributed by atoms with E-state index in [9.17, 15) is 23.3 Å². The molecule has 0 fully saturated rings. The van der Waals surface area contributed by atoms with E-state index in [0.29, 0.717) is 0 Å². The summed E-state index contributed by atoms with van der Waals surface area (Å²) in [6, 6.07) is 3.91. The lowest BCUT2D eigenvalue weighted by molar-refractivity contribution is -0.386. The molecule has 0 bridgehead atoms. The Morgan fingerprint density at radius 1 is 1.47 bits per heavy atom. The first kappa shape index (κ1) is 14.9. The van der Waals surface area contributed by atoms with E-state index in [4.69, 9.17) is 5.73 Å². The van der Waals surface area contributed by atoms with E-state index in [2.05, 4.69) is 5.32 Å². The lowest BCUT2D eigenvalue weighted by atomic mass is 10.2. The SMILES string of the molecule is CS(=O)(=O)c1cccc(NCCC(N)=O)c1[N+](=O)[O-]. The number of carbonyl (C=O) groups is 1. The Morgan fingerprint density at radius 3 is 2.58 bits per heavy atom. The van der Waals surface area contributed by atoms with Gasteiger partial charge in [0.15, 0.2) is 9.84 Å². The van der Waals surface area contributed by atoms with Gasteiger partial charge in [0.2, 0.25) is 5.91 Å². The molecule has 8 nitrogen and oxygen atoms in total. The van der Waals surface area contributed by atoms with E-state index in [-0.39, 0.29) is 23.5 Å². The number of nitrogens with one attached hydrogen (secondary N) is 1. The van der Waals surface area contributed by atoms with Gasteiger partial charge in [0.1, 0.15) is 10.6 Å². The molecule has 0 aliphatic heterocycles. The number of amides is 1. The Hall–Kier alpha value is -2.16. The molecule has 0 saturated heterocycles. The molecule has 0 spiro atoms. The number of nitrogens with zero attached hydrogens (tertiary/aromatic N) is 1. The van der Waals surface area contributed by atoms with Crippen LogP contribution in [0.1, 0.15) is 6.42 Å². The third-order valence-corrected chi connectivity index (χ3v) is 3.40. The van der Waals surface area contributed by atoms with E-state index in [1.807, 2.05) is 0 Å². The maximum absolute atomic E-state index is 11.5. The minimum Gasteiger partial charge on any atom is -0.379 e. The Balaban J connectivity index is 3.18. The van der Waals surface area contributed by atoms with Gasteiger partial charge >= 0.3 is 5.69 Å². The second-order valence-corrected chi connectivity index (χ2v) is 5.81. The van der Waals surface area contributed by atoms with Gasteiger partial charge in [-0.15, -0.1) is 0 Å². The monoisotopic (exact) mass is 287 g/mol. The Morgan fingerprint density at radius 2 is 2.11 bits per heavy atom. The van der Waals surface area contributed by atoms with Gasteiger partial charge in [0, 0.05) is 19.2 Å². The number of benzene rings is 1. The number of rotatable bonds is 6. The first-order valence-corrected chi connectivity index (χ1v) is 7.12. The van der Waals surface area contributed by atoms with Gasteiger partial charge < -0.3 is 11.1 Å². The zero-order chi connectivity index (χ0) is 14.6. The lowest BCUT2D eigenvalue weighted by Gasteiger charge is -2.08. The molecular formula is C10H13N3O5S. The van der Waals surface area contributed by atoms with Crippen LogP contribution in [0.5, 0.6) is 0 Å². The zero-order valence-electron chi connectivity index (χ0n) is 10.1. The van der Waals surface area contributed by atoms with Crippen LogP contribution in [0.3, 0.4) is 0 Å². The molecule has 19 heavy (non-hydrogen) atoms. The molecule has 0 saturated carbocycles. The number of nitro groups is 1. The van der Waals surface area contributed by atoms with Crippen molar-refractivity contribution in [1.29, 1.82) is 0 Å². The van der Waals surface area contributed by atoms with Crippen LogP contribution in [0.15, 0.2) is 23.1 Å². The van der Waals surface area contributed by atoms with Crippen LogP contribution in [-0.2, 0) is 14.6 Å². The predicted molar refractivity (Wildman–Crippen MR) is 68.5 cm³/mol. The van der Waals surface area contributed by atoms with Crippen LogP contribution in [0.2, 0.25) is 0 Å². The third-order valence-electron chi connectivity index (χ3n) is 2.27. The minimum atomic E-state index is -3.72. The highest BCUT2D eigenvalue weighted by atomic mass is 32.2. The van der Waals surface area contributed by atoms with E-state index in [1.54, 1.807) is 0 Å². The van der Waals surface area contributed by atoms with Crippen molar-refractivity contribution in [3.05, 3.63) is 28.3 Å². The van der Waals surface area contributed by atoms with Crippen LogP contribution in [0.25, 0.3) is 0 Å². The van der Waals surface area contributed by atoms with E-state index in [0.717, 1.165) is 12.3 Å². The fourth-order valence-electron chi connectivity index (χ4n) is 1.47. The molecule has 1 aromatic carbocycles. The van der Waals surface area contributed by atoms with Gasteiger partial charge in [-0.2, -0.15) is 0 Å². The van der Waals surface area contributed by atoms with Crippen LogP contribution < -0.4 is 11.1 Å². The molecule has 0 atom stereocenters. The largest absolute Gasteiger partial charge is 0.379 e. The van der Waals surface area contributed by atoms with Crippen molar-refractivity contribution in [2.24, 2.45) is 5.73 Å². The number of nitrogens with two attached hydrogens (primary N) is 1. The number of anilines is 1. The summed E-state index contributed by atoms with van der Waals surface area (Å²) >= 11 is 0. The van der Waals surface area contributed by atoms with Gasteiger partial charge in [-0.25, -0.2) is 8.42 Å². The summed E-state index contributed by atoms with van der Waals surface area (Å²) in [7, 11) is -3.72. The Bertz CT molecular complexity index is 612. The van der Waals surface area contributed by atoms with Crippen molar-refractivity contribution in [3.8, 4) is 0 Å². The van der Waals surface area contributed by atoms with E-state index >= 15 is 0 Å². The summed E-state index contributed by atoms with van der Waals surface area (Å²) in [6.07, 6.45) is 0.878. The Labute approximate surface area is 109 Å². The number of carbonyl (C=O) groups excluding carboxylic acids is 1. The topological polar surface area (TPSA) is 132 Å². The predicted octanol–water partition coefficient (Wildman–Crippen LogP) is 0.286. The molecule has 0 unspecified atom stereocenters. The summed E-state index contributed by atoms with van der Waals surface area (Å²) in [5.41, 5.74) is 4.45.